The molecule has 98 valence electrons. The number of amides is 1. The van der Waals surface area contributed by atoms with Gasteiger partial charge >= 0.3 is 5.97 Å². The van der Waals surface area contributed by atoms with E-state index >= 15 is 0 Å². The lowest BCUT2D eigenvalue weighted by Crippen LogP contribution is -2.30. The van der Waals surface area contributed by atoms with Crippen LogP contribution in [0.1, 0.15) is 16.8 Å². The number of rotatable bonds is 4. The molecule has 0 fully saturated rings. The standard InChI is InChI=1S/C12H13ClFNO3/c1-15(6-5-11(16)18-2)12(17)9-7-8(13)3-4-10(9)14/h3-4,7H,5-6H2,1-2H3. The maximum Gasteiger partial charge on any atom is 0.307 e. The molecule has 6 heteroatoms. The summed E-state index contributed by atoms with van der Waals surface area (Å²) in [4.78, 5) is 24.1. The molecular weight excluding hydrogens is 261 g/mol. The third kappa shape index (κ3) is 3.70. The maximum absolute atomic E-state index is 13.4. The Labute approximate surface area is 109 Å². The molecule has 0 N–H and O–H groups in total. The van der Waals surface area contributed by atoms with Crippen molar-refractivity contribution in [2.24, 2.45) is 0 Å². The van der Waals surface area contributed by atoms with Crippen molar-refractivity contribution in [3.63, 3.8) is 0 Å². The number of esters is 1. The minimum Gasteiger partial charge on any atom is -0.469 e. The largest absolute Gasteiger partial charge is 0.469 e. The first-order valence-electron chi connectivity index (χ1n) is 5.23. The SMILES string of the molecule is COC(=O)CCN(C)C(=O)c1cc(Cl)ccc1F. The summed E-state index contributed by atoms with van der Waals surface area (Å²) in [6.45, 7) is 0.150. The molecule has 0 aliphatic rings. The van der Waals surface area contributed by atoms with Crippen LogP contribution in [0.3, 0.4) is 0 Å². The van der Waals surface area contributed by atoms with Gasteiger partial charge in [0.05, 0.1) is 19.1 Å². The number of halogens is 2. The number of hydrogen-bond donors (Lipinski definition) is 0. The number of hydrogen-bond acceptors (Lipinski definition) is 3. The van der Waals surface area contributed by atoms with Crippen LogP contribution in [-0.2, 0) is 9.53 Å². The van der Waals surface area contributed by atoms with Crippen molar-refractivity contribution in [3.05, 3.63) is 34.6 Å². The van der Waals surface area contributed by atoms with Crippen molar-refractivity contribution in [2.45, 2.75) is 6.42 Å². The van der Waals surface area contributed by atoms with Crippen molar-refractivity contribution in [3.8, 4) is 0 Å². The molecule has 0 radical (unpaired) electrons. The van der Waals surface area contributed by atoms with Crippen LogP contribution in [0.4, 0.5) is 4.39 Å². The molecule has 1 aromatic rings. The molecule has 0 aliphatic heterocycles. The summed E-state index contributed by atoms with van der Waals surface area (Å²) in [6, 6.07) is 3.75. The minimum absolute atomic E-state index is 0.0565. The Kier molecular flexibility index (Phi) is 5.09. The summed E-state index contributed by atoms with van der Waals surface area (Å²) < 4.78 is 17.9. The molecule has 1 rings (SSSR count). The van der Waals surface area contributed by atoms with E-state index in [-0.39, 0.29) is 23.6 Å². The number of nitrogens with zero attached hydrogens (tertiary/aromatic N) is 1. The van der Waals surface area contributed by atoms with Crippen LogP contribution < -0.4 is 0 Å². The Morgan fingerprint density at radius 3 is 2.72 bits per heavy atom. The predicted octanol–water partition coefficient (Wildman–Crippen LogP) is 2.11. The second-order valence-electron chi connectivity index (χ2n) is 3.68. The van der Waals surface area contributed by atoms with E-state index in [4.69, 9.17) is 11.6 Å². The molecule has 0 saturated heterocycles. The molecule has 1 aromatic carbocycles. The molecule has 0 aromatic heterocycles. The van der Waals surface area contributed by atoms with Gasteiger partial charge in [0.25, 0.3) is 5.91 Å². The van der Waals surface area contributed by atoms with Crippen LogP contribution in [0.15, 0.2) is 18.2 Å². The topological polar surface area (TPSA) is 46.6 Å². The summed E-state index contributed by atoms with van der Waals surface area (Å²) in [7, 11) is 2.74. The molecule has 1 amide bonds. The molecule has 18 heavy (non-hydrogen) atoms. The van der Waals surface area contributed by atoms with Crippen LogP contribution >= 0.6 is 11.6 Å². The Morgan fingerprint density at radius 1 is 1.44 bits per heavy atom. The lowest BCUT2D eigenvalue weighted by molar-refractivity contribution is -0.140. The number of carbonyl (C=O) groups excluding carboxylic acids is 2. The Balaban J connectivity index is 2.74. The van der Waals surface area contributed by atoms with E-state index in [0.717, 1.165) is 6.07 Å². The van der Waals surface area contributed by atoms with Crippen molar-refractivity contribution < 1.29 is 18.7 Å². The van der Waals surface area contributed by atoms with Gasteiger partial charge in [-0.15, -0.1) is 0 Å². The van der Waals surface area contributed by atoms with E-state index in [1.165, 1.54) is 31.2 Å². The van der Waals surface area contributed by atoms with Crippen molar-refractivity contribution in [2.75, 3.05) is 20.7 Å². The summed E-state index contributed by atoms with van der Waals surface area (Å²) >= 11 is 5.70. The zero-order chi connectivity index (χ0) is 13.7. The molecular formula is C12H13ClFNO3. The summed E-state index contributed by atoms with van der Waals surface area (Å²) in [5.74, 6) is -1.60. The normalized spacial score (nSPS) is 10.0. The highest BCUT2D eigenvalue weighted by molar-refractivity contribution is 6.30. The van der Waals surface area contributed by atoms with Gasteiger partial charge in [0.15, 0.2) is 0 Å². The number of benzene rings is 1. The molecule has 0 atom stereocenters. The average Bonchev–Trinajstić information content (AvgIpc) is 2.37. The highest BCUT2D eigenvalue weighted by Crippen LogP contribution is 2.16. The molecule has 0 saturated carbocycles. The Bertz CT molecular complexity index is 465. The third-order valence-corrected chi connectivity index (χ3v) is 2.62. The quantitative estimate of drug-likeness (QED) is 0.790. The smallest absolute Gasteiger partial charge is 0.307 e. The fourth-order valence-electron chi connectivity index (χ4n) is 1.33. The molecule has 4 nitrogen and oxygen atoms in total. The molecule has 0 unspecified atom stereocenters. The van der Waals surface area contributed by atoms with Gasteiger partial charge in [-0.25, -0.2) is 4.39 Å². The lowest BCUT2D eigenvalue weighted by atomic mass is 10.2. The monoisotopic (exact) mass is 273 g/mol. The highest BCUT2D eigenvalue weighted by atomic mass is 35.5. The van der Waals surface area contributed by atoms with E-state index in [9.17, 15) is 14.0 Å². The fraction of sp³-hybridized carbons (Fsp3) is 0.333. The van der Waals surface area contributed by atoms with Crippen LogP contribution in [0.5, 0.6) is 0 Å². The first-order valence-corrected chi connectivity index (χ1v) is 5.61. The zero-order valence-electron chi connectivity index (χ0n) is 10.1. The van der Waals surface area contributed by atoms with Crippen LogP contribution in [0, 0.1) is 5.82 Å². The van der Waals surface area contributed by atoms with Crippen LogP contribution in [-0.4, -0.2) is 37.5 Å². The van der Waals surface area contributed by atoms with E-state index < -0.39 is 17.7 Å². The van der Waals surface area contributed by atoms with E-state index in [1.54, 1.807) is 0 Å². The van der Waals surface area contributed by atoms with Gasteiger partial charge in [0, 0.05) is 18.6 Å². The number of ether oxygens (including phenoxy) is 1. The predicted molar refractivity (Wildman–Crippen MR) is 65.0 cm³/mol. The average molecular weight is 274 g/mol. The maximum atomic E-state index is 13.4. The van der Waals surface area contributed by atoms with Crippen molar-refractivity contribution >= 4 is 23.5 Å². The Morgan fingerprint density at radius 2 is 2.11 bits per heavy atom. The number of methoxy groups -OCH3 is 1. The first kappa shape index (κ1) is 14.4. The summed E-state index contributed by atoms with van der Waals surface area (Å²) in [6.07, 6.45) is 0.0565. The summed E-state index contributed by atoms with van der Waals surface area (Å²) in [5.41, 5.74) is -0.116. The fourth-order valence-corrected chi connectivity index (χ4v) is 1.50. The van der Waals surface area contributed by atoms with Gasteiger partial charge in [0.1, 0.15) is 5.82 Å². The Hall–Kier alpha value is -1.62. The van der Waals surface area contributed by atoms with Crippen LogP contribution in [0.25, 0.3) is 0 Å². The molecule has 0 spiro atoms. The van der Waals surface area contributed by atoms with Gasteiger partial charge in [-0.05, 0) is 18.2 Å². The first-order chi connectivity index (χ1) is 8.45. The van der Waals surface area contributed by atoms with Crippen molar-refractivity contribution in [1.29, 1.82) is 0 Å². The molecule has 0 bridgehead atoms. The van der Waals surface area contributed by atoms with E-state index in [2.05, 4.69) is 4.74 Å². The molecule has 0 aliphatic carbocycles. The highest BCUT2D eigenvalue weighted by Gasteiger charge is 2.17. The van der Waals surface area contributed by atoms with E-state index in [0.29, 0.717) is 0 Å². The zero-order valence-corrected chi connectivity index (χ0v) is 10.8. The number of carbonyl (C=O) groups is 2. The lowest BCUT2D eigenvalue weighted by Gasteiger charge is -2.16. The minimum atomic E-state index is -0.644. The van der Waals surface area contributed by atoms with Gasteiger partial charge in [0.2, 0.25) is 0 Å². The van der Waals surface area contributed by atoms with Crippen molar-refractivity contribution in [1.82, 2.24) is 4.90 Å². The van der Waals surface area contributed by atoms with E-state index in [1.807, 2.05) is 0 Å². The second kappa shape index (κ2) is 6.35. The summed E-state index contributed by atoms with van der Waals surface area (Å²) in [5, 5.41) is 0.279. The molecule has 0 heterocycles. The van der Waals surface area contributed by atoms with Gasteiger partial charge < -0.3 is 9.64 Å². The third-order valence-electron chi connectivity index (χ3n) is 2.38. The van der Waals surface area contributed by atoms with Gasteiger partial charge in [-0.2, -0.15) is 0 Å². The van der Waals surface area contributed by atoms with Gasteiger partial charge in [-0.1, -0.05) is 11.6 Å². The van der Waals surface area contributed by atoms with Gasteiger partial charge in [-0.3, -0.25) is 9.59 Å². The second-order valence-corrected chi connectivity index (χ2v) is 4.11. The van der Waals surface area contributed by atoms with Crippen LogP contribution in [0.2, 0.25) is 5.02 Å².